The number of hydrazine groups is 1. The molecule has 1 aromatic carbocycles. The van der Waals surface area contributed by atoms with E-state index in [0.717, 1.165) is 28.5 Å². The Kier molecular flexibility index (Phi) is 4.49. The van der Waals surface area contributed by atoms with Crippen LogP contribution in [0.3, 0.4) is 0 Å². The first kappa shape index (κ1) is 16.4. The van der Waals surface area contributed by atoms with Crippen molar-refractivity contribution >= 4 is 33.9 Å². The fourth-order valence-corrected chi connectivity index (χ4v) is 3.05. The van der Waals surface area contributed by atoms with Gasteiger partial charge in [-0.05, 0) is 29.6 Å². The number of hydrogen-bond acceptors (Lipinski definition) is 6. The first-order valence-electron chi connectivity index (χ1n) is 6.55. The molecule has 1 amide bonds. The van der Waals surface area contributed by atoms with Crippen LogP contribution in [-0.4, -0.2) is 15.3 Å². The van der Waals surface area contributed by atoms with Crippen LogP contribution >= 0.6 is 22.9 Å². The maximum absolute atomic E-state index is 12.7. The summed E-state index contributed by atoms with van der Waals surface area (Å²) in [7, 11) is 0. The van der Waals surface area contributed by atoms with Crippen molar-refractivity contribution in [1.29, 1.82) is 0 Å². The Bertz CT molecular complexity index is 846. The molecule has 3 aromatic rings. The number of alkyl halides is 3. The maximum atomic E-state index is 12.7. The van der Waals surface area contributed by atoms with Gasteiger partial charge in [-0.25, -0.2) is 0 Å². The third-order valence-electron chi connectivity index (χ3n) is 2.90. The highest BCUT2D eigenvalue weighted by atomic mass is 32.1. The smallest absolute Gasteiger partial charge is 0.272 e. The number of rotatable bonds is 4. The second-order valence-corrected chi connectivity index (χ2v) is 6.26. The van der Waals surface area contributed by atoms with Gasteiger partial charge in [-0.15, -0.1) is 11.3 Å². The first-order valence-corrected chi connectivity index (χ1v) is 8.20. The molecule has 2 heterocycles. The van der Waals surface area contributed by atoms with Gasteiger partial charge in [0.25, 0.3) is 5.91 Å². The lowest BCUT2D eigenvalue weighted by Crippen LogP contribution is -2.29. The number of thiophene rings is 1. The number of hydrogen-bond donors (Lipinski definition) is 2. The van der Waals surface area contributed by atoms with E-state index in [0.29, 0.717) is 11.0 Å². The largest absolute Gasteiger partial charge is 0.416 e. The summed E-state index contributed by atoms with van der Waals surface area (Å²) < 4.78 is 42.1. The molecular formula is C14H9F3N4OS2. The molecule has 0 aliphatic heterocycles. The van der Waals surface area contributed by atoms with Gasteiger partial charge in [0, 0.05) is 17.1 Å². The van der Waals surface area contributed by atoms with Gasteiger partial charge in [0.1, 0.15) is 0 Å². The minimum atomic E-state index is -4.50. The highest BCUT2D eigenvalue weighted by Gasteiger charge is 2.30. The van der Waals surface area contributed by atoms with Gasteiger partial charge in [0.05, 0.1) is 10.4 Å². The van der Waals surface area contributed by atoms with Crippen molar-refractivity contribution in [3.05, 3.63) is 52.9 Å². The Morgan fingerprint density at radius 3 is 2.71 bits per heavy atom. The highest BCUT2D eigenvalue weighted by molar-refractivity contribution is 7.14. The van der Waals surface area contributed by atoms with Gasteiger partial charge in [-0.2, -0.15) is 22.5 Å². The molecule has 0 saturated carbocycles. The van der Waals surface area contributed by atoms with Gasteiger partial charge >= 0.3 is 6.18 Å². The quantitative estimate of drug-likeness (QED) is 0.680. The minimum Gasteiger partial charge on any atom is -0.272 e. The maximum Gasteiger partial charge on any atom is 0.416 e. The van der Waals surface area contributed by atoms with Crippen LogP contribution in [0.2, 0.25) is 0 Å². The third kappa shape index (κ3) is 3.71. The number of benzene rings is 1. The lowest BCUT2D eigenvalue weighted by atomic mass is 10.1. The normalized spacial score (nSPS) is 11.3. The summed E-state index contributed by atoms with van der Waals surface area (Å²) in [6, 6.07) is 7.89. The predicted octanol–water partition coefficient (Wildman–Crippen LogP) is 4.04. The number of carbonyl (C=O) groups is 1. The SMILES string of the molecule is O=C(NNc1nc(-c2cccs2)ns1)c1cccc(C(F)(F)F)c1. The molecule has 124 valence electrons. The van der Waals surface area contributed by atoms with E-state index in [1.54, 1.807) is 0 Å². The van der Waals surface area contributed by atoms with Crippen molar-refractivity contribution in [2.45, 2.75) is 6.18 Å². The van der Waals surface area contributed by atoms with Crippen LogP contribution < -0.4 is 10.9 Å². The molecule has 24 heavy (non-hydrogen) atoms. The molecule has 2 N–H and O–H groups in total. The Labute approximate surface area is 142 Å². The molecule has 0 spiro atoms. The molecule has 0 fully saturated rings. The summed E-state index contributed by atoms with van der Waals surface area (Å²) in [6.45, 7) is 0. The third-order valence-corrected chi connectivity index (χ3v) is 4.40. The number of halogens is 3. The predicted molar refractivity (Wildman–Crippen MR) is 85.8 cm³/mol. The van der Waals surface area contributed by atoms with Crippen LogP contribution in [-0.2, 0) is 6.18 Å². The molecule has 0 bridgehead atoms. The Balaban J connectivity index is 1.66. The molecule has 10 heteroatoms. The van der Waals surface area contributed by atoms with E-state index < -0.39 is 17.6 Å². The van der Waals surface area contributed by atoms with Crippen LogP contribution in [0.15, 0.2) is 41.8 Å². The van der Waals surface area contributed by atoms with Gasteiger partial charge in [-0.1, -0.05) is 12.1 Å². The average molecular weight is 370 g/mol. The van der Waals surface area contributed by atoms with Gasteiger partial charge in [0.2, 0.25) is 5.13 Å². The van der Waals surface area contributed by atoms with Crippen LogP contribution in [0, 0.1) is 0 Å². The van der Waals surface area contributed by atoms with E-state index in [-0.39, 0.29) is 5.56 Å². The number of amides is 1. The topological polar surface area (TPSA) is 66.9 Å². The summed E-state index contributed by atoms with van der Waals surface area (Å²) in [5.74, 6) is -0.181. The van der Waals surface area contributed by atoms with Crippen molar-refractivity contribution in [2.24, 2.45) is 0 Å². The minimum absolute atomic E-state index is 0.111. The summed E-state index contributed by atoms with van der Waals surface area (Å²) in [4.78, 5) is 17.0. The summed E-state index contributed by atoms with van der Waals surface area (Å²) in [5.41, 5.74) is 3.87. The van der Waals surface area contributed by atoms with Crippen molar-refractivity contribution < 1.29 is 18.0 Å². The Hall–Kier alpha value is -2.46. The molecule has 0 atom stereocenters. The van der Waals surface area contributed by atoms with E-state index >= 15 is 0 Å². The second kappa shape index (κ2) is 6.57. The molecule has 3 rings (SSSR count). The summed E-state index contributed by atoms with van der Waals surface area (Å²) in [5, 5.41) is 2.22. The molecule has 0 saturated heterocycles. The zero-order chi connectivity index (χ0) is 17.2. The number of nitrogens with zero attached hydrogens (tertiary/aromatic N) is 2. The molecule has 2 aromatic heterocycles. The number of carbonyl (C=O) groups excluding carboxylic acids is 1. The van der Waals surface area contributed by atoms with E-state index in [1.807, 2.05) is 17.5 Å². The summed E-state index contributed by atoms with van der Waals surface area (Å²) in [6.07, 6.45) is -4.50. The number of anilines is 1. The van der Waals surface area contributed by atoms with E-state index in [9.17, 15) is 18.0 Å². The van der Waals surface area contributed by atoms with Crippen molar-refractivity contribution in [3.8, 4) is 10.7 Å². The van der Waals surface area contributed by atoms with Gasteiger partial charge < -0.3 is 0 Å². The number of nitrogens with one attached hydrogen (secondary N) is 2. The van der Waals surface area contributed by atoms with Crippen LogP contribution in [0.4, 0.5) is 18.3 Å². The zero-order valence-electron chi connectivity index (χ0n) is 11.8. The average Bonchev–Trinajstić information content (AvgIpc) is 3.23. The number of aromatic nitrogens is 2. The van der Waals surface area contributed by atoms with Gasteiger partial charge in [-0.3, -0.25) is 15.6 Å². The Morgan fingerprint density at radius 2 is 2.00 bits per heavy atom. The molecule has 0 radical (unpaired) electrons. The fraction of sp³-hybridized carbons (Fsp3) is 0.0714. The molecule has 0 unspecified atom stereocenters. The molecule has 0 aliphatic rings. The Morgan fingerprint density at radius 1 is 1.17 bits per heavy atom. The van der Waals surface area contributed by atoms with Crippen LogP contribution in [0.1, 0.15) is 15.9 Å². The van der Waals surface area contributed by atoms with E-state index in [2.05, 4.69) is 20.2 Å². The van der Waals surface area contributed by atoms with Gasteiger partial charge in [0.15, 0.2) is 5.82 Å². The zero-order valence-corrected chi connectivity index (χ0v) is 13.4. The summed E-state index contributed by atoms with van der Waals surface area (Å²) >= 11 is 2.51. The first-order chi connectivity index (χ1) is 11.4. The highest BCUT2D eigenvalue weighted by Crippen LogP contribution is 2.29. The van der Waals surface area contributed by atoms with Crippen LogP contribution in [0.25, 0.3) is 10.7 Å². The van der Waals surface area contributed by atoms with Crippen molar-refractivity contribution in [1.82, 2.24) is 14.8 Å². The second-order valence-electron chi connectivity index (χ2n) is 4.56. The van der Waals surface area contributed by atoms with Crippen molar-refractivity contribution in [3.63, 3.8) is 0 Å². The van der Waals surface area contributed by atoms with E-state index in [1.165, 1.54) is 23.5 Å². The van der Waals surface area contributed by atoms with E-state index in [4.69, 9.17) is 0 Å². The fourth-order valence-electron chi connectivity index (χ4n) is 1.80. The lowest BCUT2D eigenvalue weighted by molar-refractivity contribution is -0.137. The van der Waals surface area contributed by atoms with Crippen LogP contribution in [0.5, 0.6) is 0 Å². The monoisotopic (exact) mass is 370 g/mol. The lowest BCUT2D eigenvalue weighted by Gasteiger charge is -2.09. The molecular weight excluding hydrogens is 361 g/mol. The standard InChI is InChI=1S/C14H9F3N4OS2/c15-14(16,17)9-4-1-3-8(7-9)12(22)19-20-13-18-11(21-24-13)10-5-2-6-23-10/h1-7H,(H,19,22)(H,18,20,21). The van der Waals surface area contributed by atoms with Crippen molar-refractivity contribution in [2.75, 3.05) is 5.43 Å². The molecule has 5 nitrogen and oxygen atoms in total. The molecule has 0 aliphatic carbocycles.